The van der Waals surface area contributed by atoms with Gasteiger partial charge >= 0.3 is 0 Å². The minimum Gasteiger partial charge on any atom is -0.412 e. The van der Waals surface area contributed by atoms with Crippen molar-refractivity contribution >= 4 is 34.2 Å². The molecule has 3 nitrogen and oxygen atoms in total. The molecule has 1 atom stereocenters. The van der Waals surface area contributed by atoms with Gasteiger partial charge in [0, 0.05) is 25.0 Å². The van der Waals surface area contributed by atoms with E-state index in [0.29, 0.717) is 0 Å². The molecule has 0 saturated carbocycles. The molecule has 0 amide bonds. The first-order chi connectivity index (χ1) is 9.65. The Bertz CT molecular complexity index is 656. The smallest absolute Gasteiger partial charge is 0.104 e. The van der Waals surface area contributed by atoms with Crippen LogP contribution in [-0.2, 0) is 6.42 Å². The summed E-state index contributed by atoms with van der Waals surface area (Å²) in [7, 11) is 4.12. The van der Waals surface area contributed by atoms with Crippen molar-refractivity contribution in [3.63, 3.8) is 0 Å². The first kappa shape index (κ1) is 18.7. The number of amidine groups is 1. The van der Waals surface area contributed by atoms with Gasteiger partial charge in [-0.1, -0.05) is 52.3 Å². The Kier molecular flexibility index (Phi) is 6.60. The lowest BCUT2D eigenvalue weighted by Crippen LogP contribution is -2.28. The number of aliphatic imine (C=N–C) groups is 1. The highest BCUT2D eigenvalue weighted by molar-refractivity contribution is 9.10. The monoisotopic (exact) mass is 382 g/mol. The van der Waals surface area contributed by atoms with Crippen LogP contribution in [0.3, 0.4) is 0 Å². The summed E-state index contributed by atoms with van der Waals surface area (Å²) in [5.41, 5.74) is 3.93. The number of hydrogen-bond donors (Lipinski definition) is 0. The zero-order chi connectivity index (χ0) is 14.1. The zero-order valence-electron chi connectivity index (χ0n) is 12.6. The largest absolute Gasteiger partial charge is 0.412 e. The van der Waals surface area contributed by atoms with Crippen LogP contribution in [0.15, 0.2) is 58.0 Å². The standard InChI is InChI=1S/C17H17BrN2.ClH.H2O/c1-20(2)16-11-13-5-3-4-6-15(13)17(19-16)12-7-9-14(18)10-8-12;;/h3-10,17H,11H2,1-2H3;1H;1H2. The van der Waals surface area contributed by atoms with Crippen molar-refractivity contribution in [1.82, 2.24) is 4.90 Å². The van der Waals surface area contributed by atoms with Crippen molar-refractivity contribution in [3.8, 4) is 0 Å². The molecule has 2 aromatic rings. The molecule has 0 aliphatic carbocycles. The Morgan fingerprint density at radius 1 is 1.05 bits per heavy atom. The summed E-state index contributed by atoms with van der Waals surface area (Å²) in [5.74, 6) is 1.14. The molecule has 0 spiro atoms. The summed E-state index contributed by atoms with van der Waals surface area (Å²) in [6, 6.07) is 17.2. The lowest BCUT2D eigenvalue weighted by Gasteiger charge is -2.27. The van der Waals surface area contributed by atoms with Gasteiger partial charge in [-0.2, -0.15) is 0 Å². The summed E-state index contributed by atoms with van der Waals surface area (Å²) >= 11 is 3.49. The molecule has 2 N–H and O–H groups in total. The van der Waals surface area contributed by atoms with E-state index in [2.05, 4.69) is 83.5 Å². The molecule has 2 aromatic carbocycles. The van der Waals surface area contributed by atoms with Gasteiger partial charge in [0.25, 0.3) is 0 Å². The molecule has 1 heterocycles. The van der Waals surface area contributed by atoms with Gasteiger partial charge in [0.2, 0.25) is 0 Å². The van der Waals surface area contributed by atoms with E-state index >= 15 is 0 Å². The molecule has 0 bridgehead atoms. The fraction of sp³-hybridized carbons (Fsp3) is 0.235. The van der Waals surface area contributed by atoms with Crippen LogP contribution in [0.5, 0.6) is 0 Å². The molecule has 0 saturated heterocycles. The predicted molar refractivity (Wildman–Crippen MR) is 98.1 cm³/mol. The van der Waals surface area contributed by atoms with Crippen LogP contribution < -0.4 is 0 Å². The van der Waals surface area contributed by atoms with Gasteiger partial charge in [-0.05, 0) is 28.8 Å². The topological polar surface area (TPSA) is 47.1 Å². The Hall–Kier alpha value is -1.36. The highest BCUT2D eigenvalue weighted by Crippen LogP contribution is 2.33. The maximum Gasteiger partial charge on any atom is 0.104 e. The fourth-order valence-electron chi connectivity index (χ4n) is 2.57. The minimum atomic E-state index is 0. The van der Waals surface area contributed by atoms with Crippen molar-refractivity contribution in [1.29, 1.82) is 0 Å². The highest BCUT2D eigenvalue weighted by Gasteiger charge is 2.23. The summed E-state index contributed by atoms with van der Waals surface area (Å²) < 4.78 is 1.10. The van der Waals surface area contributed by atoms with Gasteiger partial charge in [0.05, 0.1) is 0 Å². The van der Waals surface area contributed by atoms with Gasteiger partial charge in [-0.15, -0.1) is 12.4 Å². The Labute approximate surface area is 145 Å². The van der Waals surface area contributed by atoms with E-state index in [0.717, 1.165) is 16.7 Å². The third kappa shape index (κ3) is 3.69. The van der Waals surface area contributed by atoms with Crippen molar-refractivity contribution in [3.05, 3.63) is 69.7 Å². The van der Waals surface area contributed by atoms with Gasteiger partial charge in [-0.25, -0.2) is 0 Å². The van der Waals surface area contributed by atoms with Crippen molar-refractivity contribution in [2.24, 2.45) is 4.99 Å². The molecular weight excluding hydrogens is 364 g/mol. The van der Waals surface area contributed by atoms with Crippen molar-refractivity contribution in [2.45, 2.75) is 12.5 Å². The van der Waals surface area contributed by atoms with Gasteiger partial charge in [0.15, 0.2) is 0 Å². The van der Waals surface area contributed by atoms with Crippen LogP contribution >= 0.6 is 28.3 Å². The third-order valence-corrected chi connectivity index (χ3v) is 4.21. The maximum absolute atomic E-state index is 4.95. The molecule has 0 fully saturated rings. The van der Waals surface area contributed by atoms with Gasteiger partial charge in [0.1, 0.15) is 11.9 Å². The Morgan fingerprint density at radius 3 is 2.32 bits per heavy atom. The second kappa shape index (κ2) is 7.77. The fourth-order valence-corrected chi connectivity index (χ4v) is 2.83. The molecule has 1 aliphatic heterocycles. The van der Waals surface area contributed by atoms with Crippen LogP contribution in [-0.4, -0.2) is 30.3 Å². The number of hydrogen-bond acceptors (Lipinski definition) is 2. The molecule has 1 aliphatic rings. The maximum atomic E-state index is 4.95. The molecule has 1 unspecified atom stereocenters. The number of likely N-dealkylation sites (N-methyl/N-ethyl adjacent to an activating group) is 1. The number of halogens is 2. The summed E-state index contributed by atoms with van der Waals surface area (Å²) in [4.78, 5) is 7.06. The average molecular weight is 384 g/mol. The highest BCUT2D eigenvalue weighted by atomic mass is 79.9. The van der Waals surface area contributed by atoms with Gasteiger partial charge < -0.3 is 10.4 Å². The van der Waals surface area contributed by atoms with E-state index in [1.54, 1.807) is 0 Å². The molecule has 0 aromatic heterocycles. The third-order valence-electron chi connectivity index (χ3n) is 3.68. The Morgan fingerprint density at radius 2 is 1.68 bits per heavy atom. The second-order valence-corrected chi connectivity index (χ2v) is 6.19. The van der Waals surface area contributed by atoms with Crippen LogP contribution in [0.1, 0.15) is 22.7 Å². The summed E-state index contributed by atoms with van der Waals surface area (Å²) in [6.45, 7) is 0. The first-order valence-corrected chi connectivity index (χ1v) is 7.51. The molecular formula is C17H20BrClN2O. The average Bonchev–Trinajstić information content (AvgIpc) is 2.47. The molecule has 5 heteroatoms. The quantitative estimate of drug-likeness (QED) is 0.741. The lowest BCUT2D eigenvalue weighted by atomic mass is 9.90. The van der Waals surface area contributed by atoms with Crippen LogP contribution in [0, 0.1) is 0 Å². The Balaban J connectivity index is 0.00000121. The summed E-state index contributed by atoms with van der Waals surface area (Å²) in [6.07, 6.45) is 0.913. The number of fused-ring (bicyclic) bond motifs is 1. The minimum absolute atomic E-state index is 0. The number of benzene rings is 2. The number of nitrogens with zero attached hydrogens (tertiary/aromatic N) is 2. The second-order valence-electron chi connectivity index (χ2n) is 5.27. The van der Waals surface area contributed by atoms with E-state index in [1.807, 2.05) is 0 Å². The van der Waals surface area contributed by atoms with Crippen LogP contribution in [0.2, 0.25) is 0 Å². The number of rotatable bonds is 1. The van der Waals surface area contributed by atoms with Crippen LogP contribution in [0.4, 0.5) is 0 Å². The van der Waals surface area contributed by atoms with Crippen LogP contribution in [0.25, 0.3) is 0 Å². The van der Waals surface area contributed by atoms with Crippen molar-refractivity contribution < 1.29 is 5.48 Å². The van der Waals surface area contributed by atoms with E-state index in [4.69, 9.17) is 4.99 Å². The zero-order valence-corrected chi connectivity index (χ0v) is 15.0. The molecule has 118 valence electrons. The van der Waals surface area contributed by atoms with E-state index < -0.39 is 0 Å². The molecule has 22 heavy (non-hydrogen) atoms. The van der Waals surface area contributed by atoms with Gasteiger partial charge in [-0.3, -0.25) is 4.99 Å². The van der Waals surface area contributed by atoms with Crippen molar-refractivity contribution in [2.75, 3.05) is 14.1 Å². The summed E-state index contributed by atoms with van der Waals surface area (Å²) in [5, 5.41) is 0. The normalized spacial score (nSPS) is 15.8. The molecule has 0 radical (unpaired) electrons. The van der Waals surface area contributed by atoms with E-state index in [-0.39, 0.29) is 23.9 Å². The lowest BCUT2D eigenvalue weighted by molar-refractivity contribution is 0.592. The van der Waals surface area contributed by atoms with E-state index in [9.17, 15) is 0 Å². The predicted octanol–water partition coefficient (Wildman–Crippen LogP) is 3.65. The molecule has 3 rings (SSSR count). The van der Waals surface area contributed by atoms with E-state index in [1.165, 1.54) is 16.7 Å². The first-order valence-electron chi connectivity index (χ1n) is 6.72. The SMILES string of the molecule is CN(C)C1=NC(c2ccc(Br)cc2)c2ccccc2C1.Cl.O.